The Labute approximate surface area is 160 Å². The Kier molecular flexibility index (Phi) is 5.69. The van der Waals surface area contributed by atoms with Crippen molar-refractivity contribution in [3.8, 4) is 5.69 Å². The van der Waals surface area contributed by atoms with E-state index in [9.17, 15) is 4.79 Å². The Morgan fingerprint density at radius 3 is 2.37 bits per heavy atom. The summed E-state index contributed by atoms with van der Waals surface area (Å²) in [7, 11) is 0. The van der Waals surface area contributed by atoms with Crippen LogP contribution in [0.2, 0.25) is 0 Å². The number of benzene rings is 1. The molecule has 0 saturated carbocycles. The highest BCUT2D eigenvalue weighted by atomic mass is 16.1. The third-order valence-corrected chi connectivity index (χ3v) is 4.45. The average molecular weight is 362 g/mol. The van der Waals surface area contributed by atoms with Gasteiger partial charge in [-0.25, -0.2) is 4.68 Å². The smallest absolute Gasteiger partial charge is 0.255 e. The standard InChI is InChI=1S/C22H26N4O/c1-15(2)20-19(22(27)24-14-17-9-8-12-23-13-17)21(16(3)4)26(25-20)18-10-6-5-7-11-18/h5-13,15-16H,14H2,1-4H3,(H,24,27). The van der Waals surface area contributed by atoms with Crippen LogP contribution >= 0.6 is 0 Å². The minimum absolute atomic E-state index is 0.0894. The third-order valence-electron chi connectivity index (χ3n) is 4.45. The molecule has 0 aliphatic rings. The minimum Gasteiger partial charge on any atom is -0.348 e. The van der Waals surface area contributed by atoms with Crippen LogP contribution in [0.25, 0.3) is 5.69 Å². The summed E-state index contributed by atoms with van der Waals surface area (Å²) in [6.07, 6.45) is 3.49. The van der Waals surface area contributed by atoms with Crippen LogP contribution in [-0.2, 0) is 6.54 Å². The molecule has 140 valence electrons. The predicted molar refractivity (Wildman–Crippen MR) is 107 cm³/mol. The molecule has 3 aromatic rings. The van der Waals surface area contributed by atoms with Gasteiger partial charge in [-0.3, -0.25) is 9.78 Å². The molecular weight excluding hydrogens is 336 g/mol. The van der Waals surface area contributed by atoms with Crippen LogP contribution in [0.4, 0.5) is 0 Å². The molecular formula is C22H26N4O. The van der Waals surface area contributed by atoms with Gasteiger partial charge in [0.25, 0.3) is 5.91 Å². The number of para-hydroxylation sites is 1. The lowest BCUT2D eigenvalue weighted by atomic mass is 9.98. The second-order valence-corrected chi connectivity index (χ2v) is 7.25. The van der Waals surface area contributed by atoms with Crippen LogP contribution in [-0.4, -0.2) is 20.7 Å². The van der Waals surface area contributed by atoms with E-state index in [1.807, 2.05) is 47.1 Å². The predicted octanol–water partition coefficient (Wildman–Crippen LogP) is 4.44. The summed E-state index contributed by atoms with van der Waals surface area (Å²) in [6.45, 7) is 8.77. The van der Waals surface area contributed by atoms with E-state index in [2.05, 4.69) is 38.0 Å². The van der Waals surface area contributed by atoms with Gasteiger partial charge in [0.1, 0.15) is 0 Å². The van der Waals surface area contributed by atoms with Gasteiger partial charge >= 0.3 is 0 Å². The first kappa shape index (κ1) is 18.8. The first-order chi connectivity index (χ1) is 13.0. The minimum atomic E-state index is -0.0894. The lowest BCUT2D eigenvalue weighted by molar-refractivity contribution is 0.0948. The van der Waals surface area contributed by atoms with Crippen molar-refractivity contribution in [3.63, 3.8) is 0 Å². The molecule has 5 heteroatoms. The van der Waals surface area contributed by atoms with Crippen molar-refractivity contribution in [2.45, 2.75) is 46.1 Å². The zero-order valence-corrected chi connectivity index (χ0v) is 16.3. The van der Waals surface area contributed by atoms with E-state index < -0.39 is 0 Å². The van der Waals surface area contributed by atoms with Gasteiger partial charge in [0.15, 0.2) is 0 Å². The molecule has 1 N–H and O–H groups in total. The first-order valence-corrected chi connectivity index (χ1v) is 9.34. The van der Waals surface area contributed by atoms with Crippen molar-refractivity contribution in [1.82, 2.24) is 20.1 Å². The Bertz CT molecular complexity index is 899. The molecule has 1 amide bonds. The summed E-state index contributed by atoms with van der Waals surface area (Å²) < 4.78 is 1.92. The lowest BCUT2D eigenvalue weighted by Crippen LogP contribution is -2.25. The van der Waals surface area contributed by atoms with Gasteiger partial charge in [-0.05, 0) is 35.6 Å². The fourth-order valence-electron chi connectivity index (χ4n) is 3.16. The molecule has 0 aliphatic carbocycles. The molecule has 2 heterocycles. The van der Waals surface area contributed by atoms with Crippen molar-refractivity contribution in [3.05, 3.63) is 77.4 Å². The molecule has 0 atom stereocenters. The second kappa shape index (κ2) is 8.16. The van der Waals surface area contributed by atoms with Crippen LogP contribution in [0.3, 0.4) is 0 Å². The Balaban J connectivity index is 2.02. The van der Waals surface area contributed by atoms with E-state index >= 15 is 0 Å². The number of hydrogen-bond donors (Lipinski definition) is 1. The molecule has 0 aliphatic heterocycles. The van der Waals surface area contributed by atoms with Gasteiger partial charge in [0.05, 0.1) is 22.6 Å². The maximum atomic E-state index is 13.1. The molecule has 0 radical (unpaired) electrons. The number of carbonyl (C=O) groups is 1. The number of hydrogen-bond acceptors (Lipinski definition) is 3. The van der Waals surface area contributed by atoms with Gasteiger partial charge < -0.3 is 5.32 Å². The average Bonchev–Trinajstić information content (AvgIpc) is 3.09. The van der Waals surface area contributed by atoms with Crippen molar-refractivity contribution >= 4 is 5.91 Å². The maximum absolute atomic E-state index is 13.1. The van der Waals surface area contributed by atoms with E-state index in [1.54, 1.807) is 12.4 Å². The number of carbonyl (C=O) groups excluding carboxylic acids is 1. The molecule has 0 spiro atoms. The summed E-state index contributed by atoms with van der Waals surface area (Å²) >= 11 is 0. The van der Waals surface area contributed by atoms with Crippen LogP contribution in [0.5, 0.6) is 0 Å². The SMILES string of the molecule is CC(C)c1nn(-c2ccccc2)c(C(C)C)c1C(=O)NCc1cccnc1. The molecule has 0 bridgehead atoms. The fraction of sp³-hybridized carbons (Fsp3) is 0.318. The van der Waals surface area contributed by atoms with Crippen molar-refractivity contribution in [2.75, 3.05) is 0 Å². The highest BCUT2D eigenvalue weighted by Gasteiger charge is 2.27. The molecule has 27 heavy (non-hydrogen) atoms. The molecule has 1 aromatic carbocycles. The number of rotatable bonds is 6. The van der Waals surface area contributed by atoms with Gasteiger partial charge in [-0.15, -0.1) is 0 Å². The largest absolute Gasteiger partial charge is 0.348 e. The summed E-state index contributed by atoms with van der Waals surface area (Å²) in [4.78, 5) is 17.2. The summed E-state index contributed by atoms with van der Waals surface area (Å²) in [5.41, 5.74) is 4.39. The first-order valence-electron chi connectivity index (χ1n) is 9.34. The van der Waals surface area contributed by atoms with Gasteiger partial charge in [0.2, 0.25) is 0 Å². The van der Waals surface area contributed by atoms with Crippen LogP contribution in [0.1, 0.15) is 66.8 Å². The summed E-state index contributed by atoms with van der Waals surface area (Å²) in [6, 6.07) is 13.8. The highest BCUT2D eigenvalue weighted by molar-refractivity contribution is 5.97. The van der Waals surface area contributed by atoms with Crippen LogP contribution in [0, 0.1) is 0 Å². The Morgan fingerprint density at radius 1 is 1.04 bits per heavy atom. The summed E-state index contributed by atoms with van der Waals surface area (Å²) in [5.74, 6) is 0.212. The molecule has 3 rings (SSSR count). The van der Waals surface area contributed by atoms with Gasteiger partial charge in [0, 0.05) is 18.9 Å². The topological polar surface area (TPSA) is 59.8 Å². The number of amides is 1. The van der Waals surface area contributed by atoms with E-state index in [0.717, 1.165) is 22.6 Å². The molecule has 0 saturated heterocycles. The van der Waals surface area contributed by atoms with Crippen molar-refractivity contribution in [1.29, 1.82) is 0 Å². The maximum Gasteiger partial charge on any atom is 0.255 e. The molecule has 0 fully saturated rings. The van der Waals surface area contributed by atoms with Crippen molar-refractivity contribution in [2.24, 2.45) is 0 Å². The normalized spacial score (nSPS) is 11.2. The number of pyridine rings is 1. The number of nitrogens with one attached hydrogen (secondary N) is 1. The fourth-order valence-corrected chi connectivity index (χ4v) is 3.16. The second-order valence-electron chi connectivity index (χ2n) is 7.25. The van der Waals surface area contributed by atoms with Crippen molar-refractivity contribution < 1.29 is 4.79 Å². The van der Waals surface area contributed by atoms with Crippen LogP contribution in [0.15, 0.2) is 54.9 Å². The van der Waals surface area contributed by atoms with Gasteiger partial charge in [-0.2, -0.15) is 5.10 Å². The Hall–Kier alpha value is -2.95. The van der Waals surface area contributed by atoms with E-state index in [1.165, 1.54) is 0 Å². The highest BCUT2D eigenvalue weighted by Crippen LogP contribution is 2.29. The van der Waals surface area contributed by atoms with Crippen LogP contribution < -0.4 is 5.32 Å². The zero-order valence-electron chi connectivity index (χ0n) is 16.3. The Morgan fingerprint density at radius 2 is 1.78 bits per heavy atom. The monoisotopic (exact) mass is 362 g/mol. The molecule has 0 unspecified atom stereocenters. The van der Waals surface area contributed by atoms with E-state index in [-0.39, 0.29) is 17.7 Å². The lowest BCUT2D eigenvalue weighted by Gasteiger charge is -2.13. The van der Waals surface area contributed by atoms with E-state index in [4.69, 9.17) is 5.10 Å². The summed E-state index contributed by atoms with van der Waals surface area (Å²) in [5, 5.41) is 7.86. The third kappa shape index (κ3) is 4.08. The van der Waals surface area contributed by atoms with E-state index in [0.29, 0.717) is 12.1 Å². The zero-order chi connectivity index (χ0) is 19.4. The van der Waals surface area contributed by atoms with Gasteiger partial charge in [-0.1, -0.05) is 52.0 Å². The number of aromatic nitrogens is 3. The number of nitrogens with zero attached hydrogens (tertiary/aromatic N) is 3. The molecule has 5 nitrogen and oxygen atoms in total. The molecule has 2 aromatic heterocycles. The quantitative estimate of drug-likeness (QED) is 0.705.